The molecule has 1 aliphatic heterocycles. The molecule has 0 aliphatic carbocycles. The van der Waals surface area contributed by atoms with Crippen LogP contribution >= 0.6 is 0 Å². The van der Waals surface area contributed by atoms with Gasteiger partial charge in [-0.1, -0.05) is 13.0 Å². The fraction of sp³-hybridized carbons (Fsp3) is 0.421. The van der Waals surface area contributed by atoms with E-state index in [1.807, 2.05) is 6.92 Å². The molecule has 2 N–H and O–H groups in total. The Labute approximate surface area is 163 Å². The molecule has 1 aromatic carbocycles. The standard InChI is InChI=1S/C19H24N2O7/c1-5-12-15(18(23)27-6-2)13(21-19(24)20-12)10-28-17(22)11-8-7-9-14(25-3)16(11)26-4/h7-9,12H,5-6,10H2,1-4H3,(H2,20,21,24)/t12-/m1/s1. The number of carbonyl (C=O) groups excluding carboxylic acids is 3. The number of amides is 2. The van der Waals surface area contributed by atoms with Crippen molar-refractivity contribution in [2.24, 2.45) is 0 Å². The van der Waals surface area contributed by atoms with E-state index in [2.05, 4.69) is 10.6 Å². The number of rotatable bonds is 8. The van der Waals surface area contributed by atoms with Crippen LogP contribution < -0.4 is 20.1 Å². The predicted octanol–water partition coefficient (Wildman–Crippen LogP) is 1.77. The van der Waals surface area contributed by atoms with E-state index in [1.54, 1.807) is 19.1 Å². The van der Waals surface area contributed by atoms with Crippen LogP contribution in [0.3, 0.4) is 0 Å². The smallest absolute Gasteiger partial charge is 0.342 e. The lowest BCUT2D eigenvalue weighted by Crippen LogP contribution is -2.51. The lowest BCUT2D eigenvalue weighted by atomic mass is 10.0. The van der Waals surface area contributed by atoms with Gasteiger partial charge < -0.3 is 29.6 Å². The van der Waals surface area contributed by atoms with Gasteiger partial charge in [-0.3, -0.25) is 0 Å². The van der Waals surface area contributed by atoms with Gasteiger partial charge in [-0.05, 0) is 25.5 Å². The molecule has 0 bridgehead atoms. The van der Waals surface area contributed by atoms with Crippen LogP contribution in [0.5, 0.6) is 11.5 Å². The van der Waals surface area contributed by atoms with Crippen molar-refractivity contribution < 1.29 is 33.3 Å². The minimum atomic E-state index is -0.688. The van der Waals surface area contributed by atoms with Gasteiger partial charge >= 0.3 is 18.0 Å². The molecular weight excluding hydrogens is 368 g/mol. The van der Waals surface area contributed by atoms with Crippen LogP contribution in [0.25, 0.3) is 0 Å². The largest absolute Gasteiger partial charge is 0.493 e. The van der Waals surface area contributed by atoms with Gasteiger partial charge in [0.15, 0.2) is 11.5 Å². The Balaban J connectivity index is 2.28. The molecule has 28 heavy (non-hydrogen) atoms. The second-order valence-corrected chi connectivity index (χ2v) is 5.79. The van der Waals surface area contributed by atoms with E-state index in [0.717, 1.165) is 0 Å². The van der Waals surface area contributed by atoms with Crippen LogP contribution in [-0.2, 0) is 14.3 Å². The van der Waals surface area contributed by atoms with E-state index in [4.69, 9.17) is 18.9 Å². The third-order valence-corrected chi connectivity index (χ3v) is 4.12. The number of hydrogen-bond donors (Lipinski definition) is 2. The molecule has 2 amide bonds. The van der Waals surface area contributed by atoms with Gasteiger partial charge in [0, 0.05) is 0 Å². The Morgan fingerprint density at radius 1 is 1.07 bits per heavy atom. The monoisotopic (exact) mass is 392 g/mol. The van der Waals surface area contributed by atoms with E-state index in [9.17, 15) is 14.4 Å². The molecule has 0 saturated carbocycles. The highest BCUT2D eigenvalue weighted by Gasteiger charge is 2.32. The highest BCUT2D eigenvalue weighted by molar-refractivity contribution is 5.96. The van der Waals surface area contributed by atoms with Gasteiger partial charge in [0.2, 0.25) is 0 Å². The van der Waals surface area contributed by atoms with E-state index in [-0.39, 0.29) is 35.8 Å². The molecule has 0 radical (unpaired) electrons. The van der Waals surface area contributed by atoms with Crippen LogP contribution in [0.2, 0.25) is 0 Å². The SMILES string of the molecule is CCOC(=O)C1=C(COC(=O)c2cccc(OC)c2OC)NC(=O)N[C@@H]1CC. The molecule has 1 heterocycles. The van der Waals surface area contributed by atoms with Crippen molar-refractivity contribution in [3.05, 3.63) is 35.0 Å². The van der Waals surface area contributed by atoms with E-state index >= 15 is 0 Å². The van der Waals surface area contributed by atoms with E-state index in [0.29, 0.717) is 12.2 Å². The van der Waals surface area contributed by atoms with Crippen molar-refractivity contribution >= 4 is 18.0 Å². The molecule has 1 aliphatic rings. The van der Waals surface area contributed by atoms with Crippen LogP contribution in [0.4, 0.5) is 4.79 Å². The summed E-state index contributed by atoms with van der Waals surface area (Å²) in [4.78, 5) is 36.8. The summed E-state index contributed by atoms with van der Waals surface area (Å²) in [6, 6.07) is 3.79. The number of para-hydroxylation sites is 1. The average molecular weight is 392 g/mol. The van der Waals surface area contributed by atoms with Crippen molar-refractivity contribution in [2.75, 3.05) is 27.4 Å². The van der Waals surface area contributed by atoms with Crippen LogP contribution in [0.15, 0.2) is 29.5 Å². The normalized spacial score (nSPS) is 16.0. The number of carbonyl (C=O) groups is 3. The van der Waals surface area contributed by atoms with Gasteiger partial charge in [0.25, 0.3) is 0 Å². The first-order chi connectivity index (χ1) is 13.5. The zero-order valence-electron chi connectivity index (χ0n) is 16.3. The molecule has 2 rings (SSSR count). The summed E-state index contributed by atoms with van der Waals surface area (Å²) >= 11 is 0. The minimum absolute atomic E-state index is 0.160. The lowest BCUT2D eigenvalue weighted by Gasteiger charge is -2.28. The summed E-state index contributed by atoms with van der Waals surface area (Å²) in [7, 11) is 2.87. The molecule has 0 unspecified atom stereocenters. The molecule has 1 aromatic rings. The summed E-state index contributed by atoms with van der Waals surface area (Å²) in [6.45, 7) is 3.38. The summed E-state index contributed by atoms with van der Waals surface area (Å²) in [6.07, 6.45) is 0.475. The molecule has 0 aromatic heterocycles. The molecule has 9 heteroatoms. The fourth-order valence-electron chi connectivity index (χ4n) is 2.84. The van der Waals surface area contributed by atoms with Crippen molar-refractivity contribution in [2.45, 2.75) is 26.3 Å². The Morgan fingerprint density at radius 2 is 1.82 bits per heavy atom. The van der Waals surface area contributed by atoms with E-state index in [1.165, 1.54) is 20.3 Å². The maximum Gasteiger partial charge on any atom is 0.342 e. The minimum Gasteiger partial charge on any atom is -0.493 e. The first kappa shape index (κ1) is 21.1. The average Bonchev–Trinajstić information content (AvgIpc) is 2.70. The van der Waals surface area contributed by atoms with Gasteiger partial charge in [-0.25, -0.2) is 14.4 Å². The summed E-state index contributed by atoms with van der Waals surface area (Å²) < 4.78 is 20.8. The zero-order chi connectivity index (χ0) is 20.7. The van der Waals surface area contributed by atoms with Crippen LogP contribution in [0, 0.1) is 0 Å². The highest BCUT2D eigenvalue weighted by Crippen LogP contribution is 2.31. The number of hydrogen-bond acceptors (Lipinski definition) is 7. The Morgan fingerprint density at radius 3 is 2.43 bits per heavy atom. The first-order valence-electron chi connectivity index (χ1n) is 8.82. The second kappa shape index (κ2) is 9.63. The quantitative estimate of drug-likeness (QED) is 0.649. The van der Waals surface area contributed by atoms with Crippen molar-refractivity contribution in [3.63, 3.8) is 0 Å². The maximum absolute atomic E-state index is 12.5. The number of methoxy groups -OCH3 is 2. The third-order valence-electron chi connectivity index (χ3n) is 4.12. The first-order valence-corrected chi connectivity index (χ1v) is 8.82. The van der Waals surface area contributed by atoms with Gasteiger partial charge in [-0.2, -0.15) is 0 Å². The Hall–Kier alpha value is -3.23. The number of nitrogens with one attached hydrogen (secondary N) is 2. The topological polar surface area (TPSA) is 112 Å². The molecular formula is C19H24N2O7. The zero-order valence-corrected chi connectivity index (χ0v) is 16.3. The fourth-order valence-corrected chi connectivity index (χ4v) is 2.84. The maximum atomic E-state index is 12.5. The number of urea groups is 1. The highest BCUT2D eigenvalue weighted by atomic mass is 16.5. The molecule has 0 fully saturated rings. The molecule has 1 atom stereocenters. The summed E-state index contributed by atoms with van der Waals surface area (Å²) in [5.74, 6) is -0.654. The van der Waals surface area contributed by atoms with Crippen LogP contribution in [0.1, 0.15) is 30.6 Å². The van der Waals surface area contributed by atoms with E-state index < -0.39 is 24.0 Å². The van der Waals surface area contributed by atoms with Crippen molar-refractivity contribution in [1.29, 1.82) is 0 Å². The molecule has 0 spiro atoms. The number of benzene rings is 1. The predicted molar refractivity (Wildman–Crippen MR) is 99.2 cm³/mol. The molecule has 9 nitrogen and oxygen atoms in total. The van der Waals surface area contributed by atoms with Crippen LogP contribution in [-0.4, -0.2) is 51.4 Å². The molecule has 152 valence electrons. The Bertz CT molecular complexity index is 788. The van der Waals surface area contributed by atoms with Crippen molar-refractivity contribution in [1.82, 2.24) is 10.6 Å². The lowest BCUT2D eigenvalue weighted by molar-refractivity contribution is -0.139. The summed E-state index contributed by atoms with van der Waals surface area (Å²) in [5.41, 5.74) is 0.575. The number of ether oxygens (including phenoxy) is 4. The Kier molecular flexibility index (Phi) is 7.25. The third kappa shape index (κ3) is 4.54. The van der Waals surface area contributed by atoms with Gasteiger partial charge in [0.1, 0.15) is 12.2 Å². The van der Waals surface area contributed by atoms with Gasteiger partial charge in [0.05, 0.1) is 38.1 Å². The summed E-state index contributed by atoms with van der Waals surface area (Å²) in [5, 5.41) is 5.18. The molecule has 0 saturated heterocycles. The van der Waals surface area contributed by atoms with Gasteiger partial charge in [-0.15, -0.1) is 0 Å². The number of esters is 2. The van der Waals surface area contributed by atoms with Crippen molar-refractivity contribution in [3.8, 4) is 11.5 Å². The second-order valence-electron chi connectivity index (χ2n) is 5.79.